The number of nitrogens with zero attached hydrogens (tertiary/aromatic N) is 4. The number of benzene rings is 1. The van der Waals surface area contributed by atoms with Crippen molar-refractivity contribution in [1.29, 1.82) is 0 Å². The number of piperazine rings is 1. The van der Waals surface area contributed by atoms with Gasteiger partial charge in [0.15, 0.2) is 0 Å². The van der Waals surface area contributed by atoms with E-state index in [1.165, 1.54) is 24.5 Å². The Morgan fingerprint density at radius 1 is 1.06 bits per heavy atom. The van der Waals surface area contributed by atoms with Gasteiger partial charge in [0, 0.05) is 26.2 Å². The van der Waals surface area contributed by atoms with Crippen LogP contribution in [0.5, 0.6) is 0 Å². The number of amides is 3. The molecular formula is C23H29FN6O4. The standard InChI is InChI=1S/C23H29FN6O4/c1-22(2,3)34-21(32)30-10-8-29(9-11-30)19-25-12-18(13-26-19)27-20(31)28-23(14-33-15-23)16-4-6-17(24)7-5-16/h4-7,12-13H,8-11,14-15H2,1-3H3,(H2,27,28,31). The molecular weight excluding hydrogens is 443 g/mol. The Balaban J connectivity index is 1.30. The van der Waals surface area contributed by atoms with Crippen LogP contribution in [0.1, 0.15) is 26.3 Å². The van der Waals surface area contributed by atoms with Crippen LogP contribution in [0.25, 0.3) is 0 Å². The van der Waals surface area contributed by atoms with E-state index in [0.29, 0.717) is 51.0 Å². The number of aromatic nitrogens is 2. The highest BCUT2D eigenvalue weighted by Crippen LogP contribution is 2.30. The number of anilines is 2. The summed E-state index contributed by atoms with van der Waals surface area (Å²) in [5, 5.41) is 5.64. The zero-order valence-corrected chi connectivity index (χ0v) is 19.5. The summed E-state index contributed by atoms with van der Waals surface area (Å²) in [4.78, 5) is 37.1. The Morgan fingerprint density at radius 2 is 1.68 bits per heavy atom. The maximum Gasteiger partial charge on any atom is 0.410 e. The first kappa shape index (κ1) is 23.7. The van der Waals surface area contributed by atoms with E-state index < -0.39 is 17.2 Å². The number of hydrogen-bond acceptors (Lipinski definition) is 7. The van der Waals surface area contributed by atoms with Crippen molar-refractivity contribution in [2.24, 2.45) is 0 Å². The average molecular weight is 473 g/mol. The van der Waals surface area contributed by atoms with E-state index in [4.69, 9.17) is 9.47 Å². The van der Waals surface area contributed by atoms with Crippen molar-refractivity contribution in [2.75, 3.05) is 49.6 Å². The number of hydrogen-bond donors (Lipinski definition) is 2. The molecule has 3 heterocycles. The van der Waals surface area contributed by atoms with Crippen LogP contribution in [0.4, 0.5) is 25.6 Å². The molecule has 11 heteroatoms. The van der Waals surface area contributed by atoms with Crippen molar-refractivity contribution in [3.05, 3.63) is 48.0 Å². The smallest absolute Gasteiger partial charge is 0.410 e. The Kier molecular flexibility index (Phi) is 6.56. The number of urea groups is 1. The minimum absolute atomic E-state index is 0.302. The molecule has 3 amide bonds. The van der Waals surface area contributed by atoms with Gasteiger partial charge in [-0.25, -0.2) is 23.9 Å². The second kappa shape index (κ2) is 9.41. The van der Waals surface area contributed by atoms with Crippen LogP contribution in [0.2, 0.25) is 0 Å². The first-order valence-electron chi connectivity index (χ1n) is 11.1. The SMILES string of the molecule is CC(C)(C)OC(=O)N1CCN(c2ncc(NC(=O)NC3(c4ccc(F)cc4)COC3)cn2)CC1. The predicted octanol–water partition coefficient (Wildman–Crippen LogP) is 2.72. The van der Waals surface area contributed by atoms with Crippen LogP contribution in [0, 0.1) is 5.82 Å². The van der Waals surface area contributed by atoms with Crippen LogP contribution in [0.3, 0.4) is 0 Å². The van der Waals surface area contributed by atoms with Crippen LogP contribution < -0.4 is 15.5 Å². The van der Waals surface area contributed by atoms with Crippen LogP contribution in [-0.4, -0.2) is 72.0 Å². The molecule has 0 bridgehead atoms. The fourth-order valence-corrected chi connectivity index (χ4v) is 3.73. The molecule has 0 unspecified atom stereocenters. The number of halogens is 1. The molecule has 0 aliphatic carbocycles. The lowest BCUT2D eigenvalue weighted by atomic mass is 9.88. The van der Waals surface area contributed by atoms with E-state index in [9.17, 15) is 14.0 Å². The van der Waals surface area contributed by atoms with Crippen molar-refractivity contribution in [3.63, 3.8) is 0 Å². The molecule has 2 fully saturated rings. The molecule has 10 nitrogen and oxygen atoms in total. The fraction of sp³-hybridized carbons (Fsp3) is 0.478. The number of carbonyl (C=O) groups excluding carboxylic acids is 2. The summed E-state index contributed by atoms with van der Waals surface area (Å²) in [7, 11) is 0. The van der Waals surface area contributed by atoms with Crippen LogP contribution in [-0.2, 0) is 15.0 Å². The van der Waals surface area contributed by atoms with Gasteiger partial charge in [-0.15, -0.1) is 0 Å². The monoisotopic (exact) mass is 472 g/mol. The molecule has 2 aromatic rings. The molecule has 2 aliphatic heterocycles. The minimum Gasteiger partial charge on any atom is -0.444 e. The van der Waals surface area contributed by atoms with Crippen molar-refractivity contribution < 1.29 is 23.5 Å². The molecule has 2 N–H and O–H groups in total. The molecule has 0 saturated carbocycles. The van der Waals surface area contributed by atoms with Gasteiger partial charge in [0.2, 0.25) is 5.95 Å². The molecule has 0 spiro atoms. The summed E-state index contributed by atoms with van der Waals surface area (Å²) >= 11 is 0. The van der Waals surface area contributed by atoms with E-state index in [0.717, 1.165) is 5.56 Å². The van der Waals surface area contributed by atoms with E-state index in [1.54, 1.807) is 17.0 Å². The zero-order chi connectivity index (χ0) is 24.3. The molecule has 2 aliphatic rings. The van der Waals surface area contributed by atoms with Gasteiger partial charge in [0.05, 0.1) is 31.3 Å². The normalized spacial score (nSPS) is 17.5. The average Bonchev–Trinajstić information content (AvgIpc) is 2.76. The van der Waals surface area contributed by atoms with Gasteiger partial charge in [-0.05, 0) is 38.5 Å². The van der Waals surface area contributed by atoms with E-state index >= 15 is 0 Å². The molecule has 34 heavy (non-hydrogen) atoms. The molecule has 0 atom stereocenters. The third-order valence-electron chi connectivity index (χ3n) is 5.56. The van der Waals surface area contributed by atoms with Crippen molar-refractivity contribution in [2.45, 2.75) is 31.9 Å². The molecule has 2 saturated heterocycles. The molecule has 1 aromatic carbocycles. The lowest BCUT2D eigenvalue weighted by Crippen LogP contribution is -2.60. The second-order valence-electron chi connectivity index (χ2n) is 9.39. The maximum absolute atomic E-state index is 13.3. The highest BCUT2D eigenvalue weighted by Gasteiger charge is 2.42. The van der Waals surface area contributed by atoms with Crippen LogP contribution >= 0.6 is 0 Å². The van der Waals surface area contributed by atoms with Gasteiger partial charge in [-0.2, -0.15) is 0 Å². The first-order chi connectivity index (χ1) is 16.1. The quantitative estimate of drug-likeness (QED) is 0.704. The van der Waals surface area contributed by atoms with Gasteiger partial charge in [0.1, 0.15) is 17.0 Å². The summed E-state index contributed by atoms with van der Waals surface area (Å²) in [6.07, 6.45) is 2.74. The third-order valence-corrected chi connectivity index (χ3v) is 5.56. The van der Waals surface area contributed by atoms with Gasteiger partial charge in [-0.3, -0.25) is 0 Å². The summed E-state index contributed by atoms with van der Waals surface area (Å²) in [5.74, 6) is 0.178. The highest BCUT2D eigenvalue weighted by molar-refractivity contribution is 5.89. The first-order valence-corrected chi connectivity index (χ1v) is 11.1. The topological polar surface area (TPSA) is 109 Å². The Bertz CT molecular complexity index is 1010. The highest BCUT2D eigenvalue weighted by atomic mass is 19.1. The molecule has 182 valence electrons. The second-order valence-corrected chi connectivity index (χ2v) is 9.39. The van der Waals surface area contributed by atoms with Crippen molar-refractivity contribution >= 4 is 23.8 Å². The predicted molar refractivity (Wildman–Crippen MR) is 123 cm³/mol. The van der Waals surface area contributed by atoms with Crippen molar-refractivity contribution in [3.8, 4) is 0 Å². The molecule has 1 aromatic heterocycles. The summed E-state index contributed by atoms with van der Waals surface area (Å²) < 4.78 is 24.0. The van der Waals surface area contributed by atoms with Gasteiger partial charge in [0.25, 0.3) is 0 Å². The number of rotatable bonds is 4. The molecule has 4 rings (SSSR count). The number of carbonyl (C=O) groups is 2. The summed E-state index contributed by atoms with van der Waals surface area (Å²) in [5.41, 5.74) is -0.0287. The van der Waals surface area contributed by atoms with Gasteiger partial charge in [-0.1, -0.05) is 12.1 Å². The summed E-state index contributed by atoms with van der Waals surface area (Å²) in [6, 6.07) is 5.55. The lowest BCUT2D eigenvalue weighted by Gasteiger charge is -2.42. The third kappa shape index (κ3) is 5.53. The number of nitrogens with one attached hydrogen (secondary N) is 2. The fourth-order valence-electron chi connectivity index (χ4n) is 3.73. The van der Waals surface area contributed by atoms with E-state index in [2.05, 4.69) is 20.6 Å². The van der Waals surface area contributed by atoms with Gasteiger partial charge < -0.3 is 29.9 Å². The minimum atomic E-state index is -0.702. The van der Waals surface area contributed by atoms with E-state index in [-0.39, 0.29) is 11.9 Å². The number of ether oxygens (including phenoxy) is 2. The maximum atomic E-state index is 13.3. The zero-order valence-electron chi connectivity index (χ0n) is 19.5. The van der Waals surface area contributed by atoms with Gasteiger partial charge >= 0.3 is 12.1 Å². The summed E-state index contributed by atoms with van der Waals surface area (Å²) in [6.45, 7) is 8.30. The largest absolute Gasteiger partial charge is 0.444 e. The Labute approximate surface area is 197 Å². The lowest BCUT2D eigenvalue weighted by molar-refractivity contribution is -0.0709. The Hall–Kier alpha value is -3.47. The van der Waals surface area contributed by atoms with E-state index in [1.807, 2.05) is 25.7 Å². The van der Waals surface area contributed by atoms with Crippen molar-refractivity contribution in [1.82, 2.24) is 20.2 Å². The molecule has 0 radical (unpaired) electrons. The Morgan fingerprint density at radius 3 is 2.21 bits per heavy atom. The van der Waals surface area contributed by atoms with Crippen LogP contribution in [0.15, 0.2) is 36.7 Å².